The summed E-state index contributed by atoms with van der Waals surface area (Å²) >= 11 is -2.62. The van der Waals surface area contributed by atoms with Crippen LogP contribution in [0.4, 0.5) is 24.7 Å². The van der Waals surface area contributed by atoms with Gasteiger partial charge in [0, 0.05) is 6.20 Å². The number of nitrogens with zero attached hydrogens (tertiary/aromatic N) is 2. The fraction of sp³-hybridized carbons (Fsp3) is 0.143. The van der Waals surface area contributed by atoms with Crippen molar-refractivity contribution in [3.63, 3.8) is 0 Å². The predicted octanol–water partition coefficient (Wildman–Crippen LogP) is 4.78. The fourth-order valence-corrected chi connectivity index (χ4v) is 3.71. The lowest BCUT2D eigenvalue weighted by atomic mass is 10.0. The van der Waals surface area contributed by atoms with E-state index in [1.54, 1.807) is 43.5 Å². The van der Waals surface area contributed by atoms with Gasteiger partial charge < -0.3 is 15.0 Å². The maximum atomic E-state index is 13.3. The summed E-state index contributed by atoms with van der Waals surface area (Å²) in [7, 11) is 0. The molecule has 7 nitrogen and oxygen atoms in total. The van der Waals surface area contributed by atoms with Crippen molar-refractivity contribution in [1.82, 2.24) is 15.2 Å². The summed E-state index contributed by atoms with van der Waals surface area (Å²) in [5, 5.41) is 7.30. The van der Waals surface area contributed by atoms with Gasteiger partial charge in [0.2, 0.25) is 0 Å². The van der Waals surface area contributed by atoms with Crippen molar-refractivity contribution in [3.05, 3.63) is 66.1 Å². The van der Waals surface area contributed by atoms with E-state index in [1.165, 1.54) is 18.2 Å². The second-order valence-corrected chi connectivity index (χ2v) is 8.03. The van der Waals surface area contributed by atoms with E-state index in [9.17, 15) is 17.7 Å². The van der Waals surface area contributed by atoms with Gasteiger partial charge in [0.1, 0.15) is 34.7 Å². The van der Waals surface area contributed by atoms with E-state index < -0.39 is 29.0 Å². The minimum absolute atomic E-state index is 0.117. The Balaban J connectivity index is 1.75. The van der Waals surface area contributed by atoms with Crippen molar-refractivity contribution in [3.8, 4) is 16.9 Å². The van der Waals surface area contributed by atoms with E-state index in [0.29, 0.717) is 27.7 Å². The highest BCUT2D eigenvalue weighted by atomic mass is 32.2. The third kappa shape index (κ3) is 4.43. The lowest BCUT2D eigenvalue weighted by molar-refractivity contribution is 0.228. The number of hydrogen-bond acceptors (Lipinski definition) is 6. The van der Waals surface area contributed by atoms with Gasteiger partial charge in [-0.15, -0.1) is 0 Å². The molecule has 0 radical (unpaired) electrons. The zero-order chi connectivity index (χ0) is 22.8. The van der Waals surface area contributed by atoms with Crippen molar-refractivity contribution in [1.29, 1.82) is 0 Å². The van der Waals surface area contributed by atoms with Gasteiger partial charge >= 0.3 is 5.76 Å². The van der Waals surface area contributed by atoms with Crippen LogP contribution in [0.5, 0.6) is 5.75 Å². The standard InChI is InChI=1S/C21H18F3N5O2S/c1-11(12-2-5-14(22)6-3-12)31-17-10-13(4-7-16(17)29-32(30)21(23)24)15-8-9-26-20-18(15)19(25)27-28-20/h2-11,21,29H,1H3,(H3,25,26,27,28). The van der Waals surface area contributed by atoms with E-state index in [1.807, 2.05) is 0 Å². The van der Waals surface area contributed by atoms with Crippen LogP contribution in [0.25, 0.3) is 22.2 Å². The molecule has 2 aromatic carbocycles. The smallest absolute Gasteiger partial charge is 0.421 e. The average molecular weight is 461 g/mol. The Morgan fingerprint density at radius 3 is 2.62 bits per heavy atom. The molecule has 0 fully saturated rings. The van der Waals surface area contributed by atoms with E-state index in [0.717, 1.165) is 0 Å². The molecule has 2 atom stereocenters. The van der Waals surface area contributed by atoms with Crippen molar-refractivity contribution in [2.75, 3.05) is 10.5 Å². The maximum absolute atomic E-state index is 13.3. The molecule has 2 heterocycles. The topological polar surface area (TPSA) is 112 Å². The summed E-state index contributed by atoms with van der Waals surface area (Å²) in [5.41, 5.74) is 8.60. The van der Waals surface area contributed by atoms with Crippen LogP contribution in [0.3, 0.4) is 0 Å². The molecular formula is C21H18F3N5O2S. The molecule has 2 aromatic heterocycles. The number of aromatic amines is 1. The van der Waals surface area contributed by atoms with Crippen molar-refractivity contribution < 1.29 is 22.5 Å². The van der Waals surface area contributed by atoms with E-state index >= 15 is 0 Å². The Labute approximate surface area is 184 Å². The van der Waals surface area contributed by atoms with E-state index in [4.69, 9.17) is 10.5 Å². The van der Waals surface area contributed by atoms with Crippen LogP contribution in [0.1, 0.15) is 18.6 Å². The molecule has 0 aliphatic carbocycles. The Hall–Kier alpha value is -3.44. The number of fused-ring (bicyclic) bond motifs is 1. The third-order valence-electron chi connectivity index (χ3n) is 4.80. The summed E-state index contributed by atoms with van der Waals surface area (Å²) < 4.78 is 59.0. The van der Waals surface area contributed by atoms with Crippen LogP contribution in [0, 0.1) is 5.82 Å². The zero-order valence-corrected chi connectivity index (χ0v) is 17.5. The number of H-pyrrole nitrogens is 1. The Kier molecular flexibility index (Phi) is 6.10. The first-order chi connectivity index (χ1) is 15.3. The van der Waals surface area contributed by atoms with Gasteiger partial charge in [0.05, 0.1) is 5.39 Å². The highest BCUT2D eigenvalue weighted by Crippen LogP contribution is 2.37. The molecule has 2 unspecified atom stereocenters. The number of benzene rings is 2. The number of alkyl halides is 2. The zero-order valence-electron chi connectivity index (χ0n) is 16.7. The summed E-state index contributed by atoms with van der Waals surface area (Å²) in [5.74, 6) is -3.04. The predicted molar refractivity (Wildman–Crippen MR) is 117 cm³/mol. The minimum Gasteiger partial charge on any atom is -0.588 e. The summed E-state index contributed by atoms with van der Waals surface area (Å²) in [6.45, 7) is 1.73. The molecule has 0 bridgehead atoms. The lowest BCUT2D eigenvalue weighted by Gasteiger charge is -2.20. The highest BCUT2D eigenvalue weighted by Gasteiger charge is 2.24. The van der Waals surface area contributed by atoms with Gasteiger partial charge in [-0.05, 0) is 53.9 Å². The van der Waals surface area contributed by atoms with Crippen molar-refractivity contribution in [2.24, 2.45) is 0 Å². The largest absolute Gasteiger partial charge is 0.588 e. The molecule has 4 rings (SSSR count). The molecule has 0 aliphatic heterocycles. The third-order valence-corrected chi connectivity index (χ3v) is 5.54. The van der Waals surface area contributed by atoms with Crippen LogP contribution in [-0.2, 0) is 11.4 Å². The molecule has 0 aliphatic rings. The van der Waals surface area contributed by atoms with Crippen LogP contribution in [-0.4, -0.2) is 25.5 Å². The van der Waals surface area contributed by atoms with Crippen molar-refractivity contribution in [2.45, 2.75) is 18.8 Å². The van der Waals surface area contributed by atoms with Crippen LogP contribution in [0.15, 0.2) is 54.7 Å². The molecule has 11 heteroatoms. The number of pyridine rings is 1. The van der Waals surface area contributed by atoms with Gasteiger partial charge in [0.25, 0.3) is 0 Å². The minimum atomic E-state index is -3.08. The number of hydrogen-bond donors (Lipinski definition) is 3. The number of nitrogens with two attached hydrogens (primary N) is 1. The van der Waals surface area contributed by atoms with Gasteiger partial charge in [-0.1, -0.05) is 18.2 Å². The average Bonchev–Trinajstić information content (AvgIpc) is 3.16. The number of halogens is 3. The Bertz CT molecular complexity index is 1240. The molecule has 166 valence electrons. The lowest BCUT2D eigenvalue weighted by Crippen LogP contribution is -2.21. The number of ether oxygens (including phenoxy) is 1. The maximum Gasteiger partial charge on any atom is 0.421 e. The van der Waals surface area contributed by atoms with Crippen LogP contribution < -0.4 is 15.2 Å². The highest BCUT2D eigenvalue weighted by molar-refractivity contribution is 7.93. The number of nitrogens with one attached hydrogen (secondary N) is 2. The van der Waals surface area contributed by atoms with Crippen molar-refractivity contribution >= 4 is 33.9 Å². The molecule has 4 N–H and O–H groups in total. The fourth-order valence-electron chi connectivity index (χ4n) is 3.23. The number of nitrogen functional groups attached to an aromatic ring is 1. The van der Waals surface area contributed by atoms with Gasteiger partial charge in [0.15, 0.2) is 11.5 Å². The normalized spacial score (nSPS) is 13.3. The summed E-state index contributed by atoms with van der Waals surface area (Å²) in [6, 6.07) is 12.2. The van der Waals surface area contributed by atoms with Crippen LogP contribution >= 0.6 is 0 Å². The molecule has 0 saturated carbocycles. The second kappa shape index (κ2) is 8.97. The monoisotopic (exact) mass is 461 g/mol. The van der Waals surface area contributed by atoms with Gasteiger partial charge in [-0.25, -0.2) is 9.37 Å². The number of rotatable bonds is 7. The second-order valence-electron chi connectivity index (χ2n) is 6.87. The molecule has 0 amide bonds. The first kappa shape index (κ1) is 21.8. The SMILES string of the molecule is CC(Oc1cc(-c2ccnc3[nH]nc(N)c23)ccc1N[S+]([O-])C(F)F)c1ccc(F)cc1. The summed E-state index contributed by atoms with van der Waals surface area (Å²) in [6.07, 6.45) is 1.03. The Morgan fingerprint density at radius 2 is 1.91 bits per heavy atom. The van der Waals surface area contributed by atoms with Gasteiger partial charge in [-0.3, -0.25) is 5.10 Å². The molecule has 32 heavy (non-hydrogen) atoms. The summed E-state index contributed by atoms with van der Waals surface area (Å²) in [4.78, 5) is 4.19. The first-order valence-corrected chi connectivity index (χ1v) is 10.6. The van der Waals surface area contributed by atoms with Crippen LogP contribution in [0.2, 0.25) is 0 Å². The van der Waals surface area contributed by atoms with E-state index in [-0.39, 0.29) is 17.3 Å². The number of aromatic nitrogens is 3. The van der Waals surface area contributed by atoms with E-state index in [2.05, 4.69) is 19.9 Å². The first-order valence-electron chi connectivity index (χ1n) is 9.44. The molecule has 0 saturated heterocycles. The molecule has 0 spiro atoms. The quantitative estimate of drug-likeness (QED) is 0.342. The molecular weight excluding hydrogens is 443 g/mol. The Morgan fingerprint density at radius 1 is 1.16 bits per heavy atom. The molecule has 4 aromatic rings. The number of anilines is 2. The van der Waals surface area contributed by atoms with Gasteiger partial charge in [-0.2, -0.15) is 18.6 Å².